The van der Waals surface area contributed by atoms with Crippen molar-refractivity contribution in [2.24, 2.45) is 11.7 Å². The van der Waals surface area contributed by atoms with Gasteiger partial charge in [-0.15, -0.1) is 0 Å². The molecular weight excluding hydrogens is 440 g/mol. The van der Waals surface area contributed by atoms with Gasteiger partial charge in [-0.2, -0.15) is 12.6 Å². The molecule has 0 saturated heterocycles. The second-order valence-corrected chi connectivity index (χ2v) is 8.11. The summed E-state index contributed by atoms with van der Waals surface area (Å²) in [6, 6.07) is -0.908. The molecule has 0 saturated carbocycles. The maximum Gasteiger partial charge on any atom is 0.328 e. The van der Waals surface area contributed by atoms with Crippen molar-refractivity contribution in [2.45, 2.75) is 70.8 Å². The number of hydrogen-bond donors (Lipinski definition) is 5. The zero-order valence-corrected chi connectivity index (χ0v) is 20.5. The molecule has 0 aliphatic heterocycles. The lowest BCUT2D eigenvalue weighted by atomic mass is 9.91. The smallest absolute Gasteiger partial charge is 0.328 e. The lowest BCUT2D eigenvalue weighted by molar-refractivity contribution is -0.131. The van der Waals surface area contributed by atoms with Crippen LogP contribution in [0.25, 0.3) is 0 Å². The maximum absolute atomic E-state index is 12.9. The topological polar surface area (TPSA) is 130 Å². The fraction of sp³-hybridized carbons (Fsp3) is 0.560. The first-order valence-electron chi connectivity index (χ1n) is 11.6. The number of ketones is 1. The van der Waals surface area contributed by atoms with Gasteiger partial charge in [0.05, 0.1) is 18.5 Å². The van der Waals surface area contributed by atoms with Gasteiger partial charge >= 0.3 is 5.97 Å². The first kappa shape index (κ1) is 30.7. The van der Waals surface area contributed by atoms with E-state index in [1.165, 1.54) is 44.6 Å². The number of nitrogens with two attached hydrogens (primary N) is 1. The number of carbonyl (C=O) groups excluding carboxylic acids is 2. The van der Waals surface area contributed by atoms with Crippen LogP contribution in [0.3, 0.4) is 0 Å². The maximum atomic E-state index is 12.9. The summed E-state index contributed by atoms with van der Waals surface area (Å²) in [5, 5.41) is 21.6. The highest BCUT2D eigenvalue weighted by Crippen LogP contribution is 2.19. The van der Waals surface area contributed by atoms with Crippen molar-refractivity contribution in [3.05, 3.63) is 48.3 Å². The van der Waals surface area contributed by atoms with E-state index in [2.05, 4.69) is 30.9 Å². The number of Topliss-reactive ketones (excluding diaryl/α,β-unsaturated/α-hetero) is 1. The van der Waals surface area contributed by atoms with E-state index in [4.69, 9.17) is 10.8 Å². The van der Waals surface area contributed by atoms with Crippen LogP contribution in [0.15, 0.2) is 48.3 Å². The van der Waals surface area contributed by atoms with Crippen LogP contribution in [0, 0.1) is 5.92 Å². The molecule has 0 heterocycles. The molecule has 0 spiro atoms. The number of allylic oxidation sites excluding steroid dienone is 7. The Kier molecular flexibility index (Phi) is 18.9. The third-order valence-corrected chi connectivity index (χ3v) is 5.35. The van der Waals surface area contributed by atoms with E-state index >= 15 is 0 Å². The van der Waals surface area contributed by atoms with Crippen LogP contribution < -0.4 is 11.1 Å². The number of aliphatic hydroxyl groups is 1. The quantitative estimate of drug-likeness (QED) is 0.0617. The van der Waals surface area contributed by atoms with E-state index in [1.807, 2.05) is 18.2 Å². The van der Waals surface area contributed by atoms with E-state index < -0.39 is 29.6 Å². The van der Waals surface area contributed by atoms with Gasteiger partial charge in [0.15, 0.2) is 5.78 Å². The fourth-order valence-corrected chi connectivity index (χ4v) is 3.41. The summed E-state index contributed by atoms with van der Waals surface area (Å²) in [5.74, 6) is -3.19. The summed E-state index contributed by atoms with van der Waals surface area (Å²) in [6.07, 6.45) is 20.5. The fourth-order valence-electron chi connectivity index (χ4n) is 3.14. The predicted molar refractivity (Wildman–Crippen MR) is 136 cm³/mol. The monoisotopic (exact) mass is 480 g/mol. The van der Waals surface area contributed by atoms with E-state index in [0.717, 1.165) is 18.6 Å². The normalized spacial score (nSPS) is 14.2. The summed E-state index contributed by atoms with van der Waals surface area (Å²) in [6.45, 7) is 1.94. The number of amides is 1. The van der Waals surface area contributed by atoms with Crippen molar-refractivity contribution in [3.8, 4) is 0 Å². The number of aliphatic carboxylic acids is 1. The number of carboxylic acid groups (broad SMARTS) is 1. The summed E-state index contributed by atoms with van der Waals surface area (Å²) in [5.41, 5.74) is 5.30. The molecule has 0 aliphatic carbocycles. The average Bonchev–Trinajstić information content (AvgIpc) is 2.79. The molecule has 0 aromatic carbocycles. The number of rotatable bonds is 19. The molecule has 0 fully saturated rings. The number of nitrogens with one attached hydrogen (secondary N) is 1. The summed E-state index contributed by atoms with van der Waals surface area (Å²) >= 11 is 4.13. The van der Waals surface area contributed by atoms with Gasteiger partial charge in [0.1, 0.15) is 5.76 Å². The highest BCUT2D eigenvalue weighted by molar-refractivity contribution is 7.80. The minimum atomic E-state index is -1.17. The van der Waals surface area contributed by atoms with Crippen LogP contribution in [-0.2, 0) is 14.4 Å². The Morgan fingerprint density at radius 3 is 2.21 bits per heavy atom. The van der Waals surface area contributed by atoms with Crippen molar-refractivity contribution < 1.29 is 24.6 Å². The lowest BCUT2D eigenvalue weighted by Crippen LogP contribution is -2.47. The van der Waals surface area contributed by atoms with E-state index in [9.17, 15) is 19.5 Å². The predicted octanol–water partition coefficient (Wildman–Crippen LogP) is 4.27. The van der Waals surface area contributed by atoms with Gasteiger partial charge < -0.3 is 21.3 Å². The SMILES string of the molecule is CCCCCCCCC=CC=CCC[C@H](C(=O)C(CS)NC(=O)CN)C(O)=CC=CC(=O)O. The molecule has 0 radical (unpaired) electrons. The molecule has 0 aromatic rings. The van der Waals surface area contributed by atoms with Crippen LogP contribution in [0.4, 0.5) is 0 Å². The lowest BCUT2D eigenvalue weighted by Gasteiger charge is -2.21. The Labute approximate surface area is 203 Å². The summed E-state index contributed by atoms with van der Waals surface area (Å²) in [4.78, 5) is 35.2. The number of thiol groups is 1. The Hall–Kier alpha value is -2.32. The molecule has 2 atom stereocenters. The summed E-state index contributed by atoms with van der Waals surface area (Å²) < 4.78 is 0. The Morgan fingerprint density at radius 1 is 0.970 bits per heavy atom. The van der Waals surface area contributed by atoms with Gasteiger partial charge in [-0.05, 0) is 31.8 Å². The summed E-state index contributed by atoms with van der Waals surface area (Å²) in [7, 11) is 0. The Bertz CT molecular complexity index is 701. The van der Waals surface area contributed by atoms with E-state index in [0.29, 0.717) is 12.8 Å². The standard InChI is InChI=1S/C25H40N2O5S/c1-2-3-4-5-6-7-8-9-10-11-12-13-15-20(22(28)16-14-17-24(30)31)25(32)21(19-33)27-23(29)18-26/h9-12,14,16-17,20-21,28,33H,2-8,13,15,18-19,26H2,1H3,(H,27,29)(H,30,31)/t20-,21?/m0/s1. The van der Waals surface area contributed by atoms with Gasteiger partial charge in [0, 0.05) is 11.8 Å². The molecule has 0 aromatic heterocycles. The van der Waals surface area contributed by atoms with E-state index in [1.54, 1.807) is 0 Å². The highest BCUT2D eigenvalue weighted by Gasteiger charge is 2.29. The first-order chi connectivity index (χ1) is 15.9. The van der Waals surface area contributed by atoms with Crippen LogP contribution in [-0.4, -0.2) is 46.2 Å². The zero-order valence-electron chi connectivity index (χ0n) is 19.6. The van der Waals surface area contributed by atoms with Gasteiger partial charge in [0.25, 0.3) is 0 Å². The number of aliphatic hydroxyl groups excluding tert-OH is 1. The number of carboxylic acids is 1. The number of carbonyl (C=O) groups is 3. The van der Waals surface area contributed by atoms with Crippen LogP contribution in [0.1, 0.15) is 64.7 Å². The molecule has 7 nitrogen and oxygen atoms in total. The molecule has 0 bridgehead atoms. The van der Waals surface area contributed by atoms with Gasteiger partial charge in [0.2, 0.25) is 5.91 Å². The minimum Gasteiger partial charge on any atom is -0.512 e. The molecule has 0 aliphatic rings. The van der Waals surface area contributed by atoms with Crippen LogP contribution in [0.2, 0.25) is 0 Å². The number of hydrogen-bond acceptors (Lipinski definition) is 6. The third-order valence-electron chi connectivity index (χ3n) is 4.98. The molecule has 186 valence electrons. The van der Waals surface area contributed by atoms with Gasteiger partial charge in [-0.1, -0.05) is 69.4 Å². The van der Waals surface area contributed by atoms with Crippen molar-refractivity contribution in [3.63, 3.8) is 0 Å². The van der Waals surface area contributed by atoms with Crippen molar-refractivity contribution in [1.29, 1.82) is 0 Å². The molecule has 33 heavy (non-hydrogen) atoms. The van der Waals surface area contributed by atoms with Gasteiger partial charge in [-0.25, -0.2) is 4.79 Å². The first-order valence-corrected chi connectivity index (χ1v) is 12.3. The Morgan fingerprint density at radius 2 is 1.61 bits per heavy atom. The van der Waals surface area contributed by atoms with Crippen LogP contribution >= 0.6 is 12.6 Å². The average molecular weight is 481 g/mol. The number of unbranched alkanes of at least 4 members (excludes halogenated alkanes) is 6. The minimum absolute atomic E-state index is 0.0519. The molecule has 1 amide bonds. The van der Waals surface area contributed by atoms with Crippen molar-refractivity contribution in [1.82, 2.24) is 5.32 Å². The second-order valence-electron chi connectivity index (χ2n) is 7.74. The second kappa shape index (κ2) is 20.3. The largest absolute Gasteiger partial charge is 0.512 e. The van der Waals surface area contributed by atoms with Crippen molar-refractivity contribution >= 4 is 30.3 Å². The van der Waals surface area contributed by atoms with Crippen LogP contribution in [0.5, 0.6) is 0 Å². The molecule has 1 unspecified atom stereocenters. The third kappa shape index (κ3) is 16.0. The molecule has 8 heteroatoms. The highest BCUT2D eigenvalue weighted by atomic mass is 32.1. The molecule has 5 N–H and O–H groups in total. The molecule has 0 rings (SSSR count). The molecular formula is C25H40N2O5S. The Balaban J connectivity index is 4.88. The van der Waals surface area contributed by atoms with Gasteiger partial charge in [-0.3, -0.25) is 9.59 Å². The van der Waals surface area contributed by atoms with E-state index in [-0.39, 0.29) is 18.1 Å². The zero-order chi connectivity index (χ0) is 24.9. The van der Waals surface area contributed by atoms with Crippen molar-refractivity contribution in [2.75, 3.05) is 12.3 Å².